The molecule has 0 bridgehead atoms. The molecule has 1 saturated carbocycles. The van der Waals surface area contributed by atoms with Crippen LogP contribution in [0, 0.1) is 11.3 Å². The standard InChI is InChI=1S/C18H23N5O3/c1-20-17(26)18(23-12-24,14-7-8-14)11-22-16(25)13(9-19)10-21-15-5-3-2-4-6-15/h2-6,9-10,12,14,19,21H,7-8,11H2,1H3,(H,20,26)(H,22,25)(H,23,24)/b13-10+,19-9?. The minimum absolute atomic E-state index is 0.0252. The summed E-state index contributed by atoms with van der Waals surface area (Å²) < 4.78 is 0. The number of anilines is 1. The van der Waals surface area contributed by atoms with Crippen LogP contribution in [0.15, 0.2) is 42.1 Å². The van der Waals surface area contributed by atoms with Gasteiger partial charge in [-0.15, -0.1) is 0 Å². The molecule has 1 unspecified atom stereocenters. The molecule has 8 nitrogen and oxygen atoms in total. The van der Waals surface area contributed by atoms with E-state index in [-0.39, 0.29) is 23.9 Å². The molecule has 0 saturated heterocycles. The van der Waals surface area contributed by atoms with Gasteiger partial charge in [0.2, 0.25) is 12.3 Å². The highest BCUT2D eigenvalue weighted by atomic mass is 16.2. The fraction of sp³-hybridized carbons (Fsp3) is 0.333. The van der Waals surface area contributed by atoms with Crippen molar-refractivity contribution in [3.8, 4) is 0 Å². The maximum Gasteiger partial charge on any atom is 0.254 e. The van der Waals surface area contributed by atoms with Gasteiger partial charge in [-0.3, -0.25) is 14.4 Å². The van der Waals surface area contributed by atoms with Crippen molar-refractivity contribution in [3.05, 3.63) is 42.1 Å². The molecule has 5 N–H and O–H groups in total. The smallest absolute Gasteiger partial charge is 0.254 e. The van der Waals surface area contributed by atoms with Crippen molar-refractivity contribution in [2.24, 2.45) is 5.92 Å². The van der Waals surface area contributed by atoms with E-state index in [9.17, 15) is 14.4 Å². The summed E-state index contributed by atoms with van der Waals surface area (Å²) in [4.78, 5) is 35.7. The molecule has 138 valence electrons. The maximum atomic E-state index is 12.4. The maximum absolute atomic E-state index is 12.4. The molecule has 26 heavy (non-hydrogen) atoms. The van der Waals surface area contributed by atoms with Crippen molar-refractivity contribution in [2.45, 2.75) is 18.4 Å². The van der Waals surface area contributed by atoms with Gasteiger partial charge in [-0.1, -0.05) is 18.2 Å². The Morgan fingerprint density at radius 1 is 1.27 bits per heavy atom. The molecule has 0 radical (unpaired) electrons. The molecule has 2 rings (SSSR count). The number of nitrogens with one attached hydrogen (secondary N) is 5. The fourth-order valence-corrected chi connectivity index (χ4v) is 2.74. The lowest BCUT2D eigenvalue weighted by atomic mass is 9.91. The first-order valence-corrected chi connectivity index (χ1v) is 8.31. The second-order valence-electron chi connectivity index (χ2n) is 6.02. The minimum atomic E-state index is -1.17. The number of hydrogen-bond donors (Lipinski definition) is 5. The van der Waals surface area contributed by atoms with Crippen molar-refractivity contribution >= 4 is 30.1 Å². The molecular formula is C18H23N5O3. The number of para-hydroxylation sites is 1. The number of rotatable bonds is 10. The largest absolute Gasteiger partial charge is 0.361 e. The van der Waals surface area contributed by atoms with Crippen molar-refractivity contribution < 1.29 is 14.4 Å². The summed E-state index contributed by atoms with van der Waals surface area (Å²) in [6.45, 7) is -0.0502. The summed E-state index contributed by atoms with van der Waals surface area (Å²) in [5.41, 5.74) is -0.298. The average molecular weight is 357 g/mol. The van der Waals surface area contributed by atoms with Gasteiger partial charge in [0.1, 0.15) is 5.54 Å². The Bertz CT molecular complexity index is 700. The summed E-state index contributed by atoms with van der Waals surface area (Å²) in [7, 11) is 1.49. The third-order valence-electron chi connectivity index (χ3n) is 4.34. The van der Waals surface area contributed by atoms with Crippen molar-refractivity contribution in [1.82, 2.24) is 16.0 Å². The van der Waals surface area contributed by atoms with Crippen LogP contribution in [-0.4, -0.2) is 43.6 Å². The number of carbonyl (C=O) groups is 3. The van der Waals surface area contributed by atoms with Gasteiger partial charge in [-0.05, 0) is 30.9 Å². The molecule has 8 heteroatoms. The molecule has 0 aromatic heterocycles. The van der Waals surface area contributed by atoms with E-state index >= 15 is 0 Å². The highest BCUT2D eigenvalue weighted by molar-refractivity contribution is 6.11. The van der Waals surface area contributed by atoms with Crippen molar-refractivity contribution in [2.75, 3.05) is 18.9 Å². The second kappa shape index (κ2) is 8.80. The summed E-state index contributed by atoms with van der Waals surface area (Å²) >= 11 is 0. The number of likely N-dealkylation sites (N-methyl/N-ethyl adjacent to an activating group) is 1. The Morgan fingerprint density at radius 3 is 2.50 bits per heavy atom. The number of benzene rings is 1. The zero-order valence-corrected chi connectivity index (χ0v) is 14.5. The minimum Gasteiger partial charge on any atom is -0.361 e. The summed E-state index contributed by atoms with van der Waals surface area (Å²) in [5.74, 6) is -0.886. The van der Waals surface area contributed by atoms with E-state index in [1.807, 2.05) is 30.3 Å². The predicted molar refractivity (Wildman–Crippen MR) is 98.7 cm³/mol. The highest BCUT2D eigenvalue weighted by Crippen LogP contribution is 2.39. The lowest BCUT2D eigenvalue weighted by molar-refractivity contribution is -0.131. The molecule has 3 amide bonds. The third kappa shape index (κ3) is 4.47. The monoisotopic (exact) mass is 357 g/mol. The van der Waals surface area contributed by atoms with Gasteiger partial charge in [0.25, 0.3) is 5.91 Å². The SMILES string of the molecule is CNC(=O)C(CNC(=O)/C(C=N)=C/Nc1ccccc1)(NC=O)C1CC1. The Hall–Kier alpha value is -3.16. The molecule has 1 aliphatic carbocycles. The normalized spacial score (nSPS) is 16.0. The predicted octanol–water partition coefficient (Wildman–Crippen LogP) is 0.389. The van der Waals surface area contributed by atoms with Gasteiger partial charge in [-0.25, -0.2) is 0 Å². The lowest BCUT2D eigenvalue weighted by Gasteiger charge is -2.31. The van der Waals surface area contributed by atoms with Crippen LogP contribution >= 0.6 is 0 Å². The molecule has 0 spiro atoms. The Labute approximate surface area is 151 Å². The van der Waals surface area contributed by atoms with Gasteiger partial charge in [0.15, 0.2) is 0 Å². The second-order valence-corrected chi connectivity index (χ2v) is 6.02. The van der Waals surface area contributed by atoms with E-state index in [4.69, 9.17) is 5.41 Å². The quantitative estimate of drug-likeness (QED) is 0.236. The third-order valence-corrected chi connectivity index (χ3v) is 4.34. The first kappa shape index (κ1) is 19.2. The van der Waals surface area contributed by atoms with Crippen molar-refractivity contribution in [1.29, 1.82) is 5.41 Å². The first-order chi connectivity index (χ1) is 12.6. The molecular weight excluding hydrogens is 334 g/mol. The van der Waals surface area contributed by atoms with Crippen LogP contribution in [0.1, 0.15) is 12.8 Å². The average Bonchev–Trinajstić information content (AvgIpc) is 3.51. The van der Waals surface area contributed by atoms with Gasteiger partial charge >= 0.3 is 0 Å². The van der Waals surface area contributed by atoms with E-state index < -0.39 is 11.4 Å². The van der Waals surface area contributed by atoms with E-state index in [1.54, 1.807) is 0 Å². The van der Waals surface area contributed by atoms with E-state index in [1.165, 1.54) is 13.2 Å². The Morgan fingerprint density at radius 2 is 1.96 bits per heavy atom. The van der Waals surface area contributed by atoms with Gasteiger partial charge in [0.05, 0.1) is 12.1 Å². The van der Waals surface area contributed by atoms with Gasteiger partial charge < -0.3 is 26.7 Å². The molecule has 0 heterocycles. The van der Waals surface area contributed by atoms with Crippen LogP contribution in [0.2, 0.25) is 0 Å². The fourth-order valence-electron chi connectivity index (χ4n) is 2.74. The zero-order valence-electron chi connectivity index (χ0n) is 14.5. The zero-order chi connectivity index (χ0) is 19.0. The summed E-state index contributed by atoms with van der Waals surface area (Å²) in [6, 6.07) is 9.22. The molecule has 1 aromatic rings. The molecule has 1 aliphatic rings. The number of carbonyl (C=O) groups excluding carboxylic acids is 3. The van der Waals surface area contributed by atoms with Crippen LogP contribution in [0.5, 0.6) is 0 Å². The highest BCUT2D eigenvalue weighted by Gasteiger charge is 2.50. The van der Waals surface area contributed by atoms with Crippen LogP contribution < -0.4 is 21.3 Å². The molecule has 1 atom stereocenters. The van der Waals surface area contributed by atoms with E-state index in [2.05, 4.69) is 21.3 Å². The Balaban J connectivity index is 2.06. The molecule has 1 fully saturated rings. The van der Waals surface area contributed by atoms with Crippen molar-refractivity contribution in [3.63, 3.8) is 0 Å². The Kier molecular flexibility index (Phi) is 6.48. The van der Waals surface area contributed by atoms with Crippen LogP contribution in [0.3, 0.4) is 0 Å². The van der Waals surface area contributed by atoms with E-state index in [0.717, 1.165) is 24.7 Å². The number of hydrogen-bond acceptors (Lipinski definition) is 5. The van der Waals surface area contributed by atoms with Gasteiger partial charge in [-0.2, -0.15) is 0 Å². The molecule has 0 aliphatic heterocycles. The topological polar surface area (TPSA) is 123 Å². The van der Waals surface area contributed by atoms with Crippen LogP contribution in [0.25, 0.3) is 0 Å². The van der Waals surface area contributed by atoms with Crippen LogP contribution in [-0.2, 0) is 14.4 Å². The first-order valence-electron chi connectivity index (χ1n) is 8.31. The van der Waals surface area contributed by atoms with Gasteiger partial charge in [0, 0.05) is 25.1 Å². The summed E-state index contributed by atoms with van der Waals surface area (Å²) in [5, 5.41) is 18.2. The summed E-state index contributed by atoms with van der Waals surface area (Å²) in [6.07, 6.45) is 4.42. The molecule has 1 aromatic carbocycles. The number of amides is 3. The lowest BCUT2D eigenvalue weighted by Crippen LogP contribution is -2.63. The van der Waals surface area contributed by atoms with E-state index in [0.29, 0.717) is 6.41 Å². The van der Waals surface area contributed by atoms with Crippen LogP contribution in [0.4, 0.5) is 5.69 Å².